The number of aliphatic imine (C=N–C) groups is 1. The minimum absolute atomic E-state index is 0.0193. The van der Waals surface area contributed by atoms with Crippen molar-refractivity contribution in [2.45, 2.75) is 44.4 Å². The van der Waals surface area contributed by atoms with E-state index in [1.54, 1.807) is 36.4 Å². The molecular weight excluding hydrogens is 582 g/mol. The van der Waals surface area contributed by atoms with Gasteiger partial charge in [0.15, 0.2) is 0 Å². The highest BCUT2D eigenvalue weighted by molar-refractivity contribution is 7.89. The van der Waals surface area contributed by atoms with Crippen LogP contribution in [-0.2, 0) is 19.6 Å². The van der Waals surface area contributed by atoms with Crippen LogP contribution >= 0.6 is 0 Å². The number of aliphatic hydroxyl groups is 1. The number of primary amides is 1. The van der Waals surface area contributed by atoms with Crippen LogP contribution in [0.1, 0.15) is 50.7 Å². The molecule has 2 heterocycles. The van der Waals surface area contributed by atoms with E-state index in [1.165, 1.54) is 4.31 Å². The second-order valence-electron chi connectivity index (χ2n) is 10.8. The molecule has 12 heteroatoms. The minimum Gasteiger partial charge on any atom is -0.449 e. The first-order valence-electron chi connectivity index (χ1n) is 14.7. The highest BCUT2D eigenvalue weighted by atomic mass is 32.2. The van der Waals surface area contributed by atoms with Crippen LogP contribution in [-0.4, -0.2) is 80.0 Å². The van der Waals surface area contributed by atoms with Crippen molar-refractivity contribution in [1.82, 2.24) is 9.21 Å². The van der Waals surface area contributed by atoms with Crippen molar-refractivity contribution in [3.05, 3.63) is 53.1 Å². The van der Waals surface area contributed by atoms with Gasteiger partial charge in [-0.15, -0.1) is 0 Å². The molecule has 4 rings (SSSR count). The van der Waals surface area contributed by atoms with Crippen molar-refractivity contribution in [3.63, 3.8) is 0 Å². The Morgan fingerprint density at radius 3 is 2.52 bits per heavy atom. The van der Waals surface area contributed by atoms with Crippen molar-refractivity contribution < 1.29 is 27.9 Å². The molecule has 11 nitrogen and oxygen atoms in total. The summed E-state index contributed by atoms with van der Waals surface area (Å²) in [6, 6.07) is 10.2. The van der Waals surface area contributed by atoms with Gasteiger partial charge in [0.2, 0.25) is 15.9 Å². The van der Waals surface area contributed by atoms with Gasteiger partial charge in [0.1, 0.15) is 12.4 Å². The predicted molar refractivity (Wildman–Crippen MR) is 169 cm³/mol. The summed E-state index contributed by atoms with van der Waals surface area (Å²) in [5, 5.41) is 9.33. The topological polar surface area (TPSA) is 169 Å². The number of amides is 2. The first kappa shape index (κ1) is 32.7. The highest BCUT2D eigenvalue weighted by Gasteiger charge is 2.36. The van der Waals surface area contributed by atoms with Crippen LogP contribution in [0, 0.1) is 17.8 Å². The van der Waals surface area contributed by atoms with E-state index in [0.29, 0.717) is 46.6 Å². The van der Waals surface area contributed by atoms with E-state index in [-0.39, 0.29) is 61.7 Å². The van der Waals surface area contributed by atoms with Gasteiger partial charge in [-0.25, -0.2) is 18.2 Å². The number of carbonyl (C=O) groups excluding carboxylic acids is 2. The van der Waals surface area contributed by atoms with Gasteiger partial charge in [-0.1, -0.05) is 37.8 Å². The number of sulfonamides is 1. The van der Waals surface area contributed by atoms with Crippen LogP contribution in [0.2, 0.25) is 0 Å². The fourth-order valence-corrected chi connectivity index (χ4v) is 6.78. The number of rotatable bonds is 11. The SMILES string of the molecule is CCCN(CCC)C(=O)C1=Cc2c(C#CCCOC(N)=O)cc(-c3cccc(S(=O)(=O)N4CC(CO)C4)c3)cc2N=C(N)C1. The van der Waals surface area contributed by atoms with Gasteiger partial charge in [0, 0.05) is 68.2 Å². The van der Waals surface area contributed by atoms with Gasteiger partial charge in [-0.05, 0) is 54.3 Å². The monoisotopic (exact) mass is 621 g/mol. The molecule has 2 aliphatic heterocycles. The molecule has 0 bridgehead atoms. The Hall–Kier alpha value is -4.18. The van der Waals surface area contributed by atoms with Crippen molar-refractivity contribution in [3.8, 4) is 23.0 Å². The van der Waals surface area contributed by atoms with Crippen LogP contribution in [0.5, 0.6) is 0 Å². The number of nitrogens with zero attached hydrogens (tertiary/aromatic N) is 3. The van der Waals surface area contributed by atoms with Gasteiger partial charge >= 0.3 is 6.09 Å². The number of nitrogens with two attached hydrogens (primary N) is 2. The van der Waals surface area contributed by atoms with E-state index in [4.69, 9.17) is 16.2 Å². The molecule has 0 saturated carbocycles. The van der Waals surface area contributed by atoms with Crippen molar-refractivity contribution in [2.75, 3.05) is 39.4 Å². The summed E-state index contributed by atoms with van der Waals surface area (Å²) in [5.41, 5.74) is 14.9. The number of benzene rings is 2. The Kier molecular flexibility index (Phi) is 10.8. The summed E-state index contributed by atoms with van der Waals surface area (Å²) in [6.45, 7) is 5.80. The third-order valence-electron chi connectivity index (χ3n) is 7.34. The minimum atomic E-state index is -3.74. The Morgan fingerprint density at radius 1 is 1.14 bits per heavy atom. The molecule has 0 radical (unpaired) electrons. The quantitative estimate of drug-likeness (QED) is 0.256. The zero-order chi connectivity index (χ0) is 31.9. The van der Waals surface area contributed by atoms with Crippen LogP contribution in [0.25, 0.3) is 17.2 Å². The fraction of sp³-hybridized carbons (Fsp3) is 0.406. The first-order chi connectivity index (χ1) is 21.1. The summed E-state index contributed by atoms with van der Waals surface area (Å²) >= 11 is 0. The molecule has 1 saturated heterocycles. The summed E-state index contributed by atoms with van der Waals surface area (Å²) in [7, 11) is -3.74. The molecule has 0 aliphatic carbocycles. The molecule has 44 heavy (non-hydrogen) atoms. The summed E-state index contributed by atoms with van der Waals surface area (Å²) in [4.78, 5) is 31.1. The number of carbonyl (C=O) groups is 2. The normalized spacial score (nSPS) is 15.1. The summed E-state index contributed by atoms with van der Waals surface area (Å²) < 4.78 is 32.6. The molecule has 2 aromatic rings. The zero-order valence-electron chi connectivity index (χ0n) is 25.1. The Morgan fingerprint density at radius 2 is 1.86 bits per heavy atom. The lowest BCUT2D eigenvalue weighted by Gasteiger charge is -2.36. The standard InChI is InChI=1S/C32H39N5O6S/c1-3-11-36(12-4-2)31(39)26-16-28-24(8-5-6-13-43-32(34)40)14-25(17-29(28)35-30(33)18-26)23-9-7-10-27(15-23)44(41,42)37-19-22(20-37)21-38/h7,9-10,14-17,22,38H,3-4,6,11-13,18-21H2,1-2H3,(H2,33,35)(H2,34,40). The molecule has 2 aromatic carbocycles. The van der Waals surface area contributed by atoms with Crippen LogP contribution in [0.4, 0.5) is 10.5 Å². The summed E-state index contributed by atoms with van der Waals surface area (Å²) in [5.74, 6) is 6.22. The number of amidine groups is 1. The molecule has 2 amide bonds. The second-order valence-corrected chi connectivity index (χ2v) is 12.8. The number of fused-ring (bicyclic) bond motifs is 1. The van der Waals surface area contributed by atoms with Crippen LogP contribution in [0.15, 0.2) is 51.9 Å². The lowest BCUT2D eigenvalue weighted by atomic mass is 9.95. The van der Waals surface area contributed by atoms with E-state index in [1.807, 2.05) is 24.8 Å². The molecule has 5 N–H and O–H groups in total. The molecule has 0 spiro atoms. The molecule has 0 atom stereocenters. The smallest absolute Gasteiger partial charge is 0.404 e. The number of hydrogen-bond donors (Lipinski definition) is 3. The number of aliphatic hydroxyl groups excluding tert-OH is 1. The average Bonchev–Trinajstić information content (AvgIpc) is 3.13. The average molecular weight is 622 g/mol. The zero-order valence-corrected chi connectivity index (χ0v) is 25.9. The number of ether oxygens (including phenoxy) is 1. The number of hydrogen-bond acceptors (Lipinski definition) is 8. The van der Waals surface area contributed by atoms with Crippen molar-refractivity contribution in [1.29, 1.82) is 0 Å². The van der Waals surface area contributed by atoms with Gasteiger partial charge in [-0.3, -0.25) is 4.79 Å². The van der Waals surface area contributed by atoms with Crippen molar-refractivity contribution >= 4 is 39.6 Å². The highest BCUT2D eigenvalue weighted by Crippen LogP contribution is 2.36. The van der Waals surface area contributed by atoms with Crippen LogP contribution in [0.3, 0.4) is 0 Å². The molecule has 0 unspecified atom stereocenters. The van der Waals surface area contributed by atoms with Crippen molar-refractivity contribution in [2.24, 2.45) is 22.4 Å². The van der Waals surface area contributed by atoms with E-state index in [0.717, 1.165) is 12.8 Å². The van der Waals surface area contributed by atoms with Gasteiger partial charge in [0.25, 0.3) is 0 Å². The second kappa shape index (κ2) is 14.5. The van der Waals surface area contributed by atoms with E-state index < -0.39 is 16.1 Å². The van der Waals surface area contributed by atoms with E-state index in [2.05, 4.69) is 16.8 Å². The maximum atomic E-state index is 13.6. The Bertz CT molecular complexity index is 1630. The first-order valence-corrected chi connectivity index (χ1v) is 16.1. The van der Waals surface area contributed by atoms with E-state index >= 15 is 0 Å². The Labute approximate surface area is 258 Å². The molecule has 2 aliphatic rings. The third-order valence-corrected chi connectivity index (χ3v) is 9.17. The lowest BCUT2D eigenvalue weighted by molar-refractivity contribution is -0.127. The maximum Gasteiger partial charge on any atom is 0.404 e. The molecule has 0 aromatic heterocycles. The Balaban J connectivity index is 1.79. The molecule has 234 valence electrons. The largest absolute Gasteiger partial charge is 0.449 e. The molecular formula is C32H39N5O6S. The van der Waals surface area contributed by atoms with Gasteiger partial charge in [0.05, 0.1) is 10.6 Å². The third kappa shape index (κ3) is 7.66. The molecule has 1 fully saturated rings. The van der Waals surface area contributed by atoms with E-state index in [9.17, 15) is 23.1 Å². The lowest BCUT2D eigenvalue weighted by Crippen LogP contribution is -2.51. The summed E-state index contributed by atoms with van der Waals surface area (Å²) in [6.07, 6.45) is 2.94. The van der Waals surface area contributed by atoms with Crippen LogP contribution < -0.4 is 11.5 Å². The predicted octanol–water partition coefficient (Wildman–Crippen LogP) is 3.23. The maximum absolute atomic E-state index is 13.6. The van der Waals surface area contributed by atoms with Gasteiger partial charge in [-0.2, -0.15) is 4.31 Å². The van der Waals surface area contributed by atoms with Gasteiger partial charge < -0.3 is 26.2 Å². The fourth-order valence-electron chi connectivity index (χ4n) is 5.14.